The quantitative estimate of drug-likeness (QED) is 0.622. The summed E-state index contributed by atoms with van der Waals surface area (Å²) in [4.78, 5) is 2.61. The second-order valence-corrected chi connectivity index (χ2v) is 4.95. The van der Waals surface area contributed by atoms with E-state index < -0.39 is 0 Å². The molecule has 0 aromatic heterocycles. The summed E-state index contributed by atoms with van der Waals surface area (Å²) in [5.74, 6) is 1.32. The van der Waals surface area contributed by atoms with Crippen molar-refractivity contribution in [3.63, 3.8) is 0 Å². The molecule has 13 heavy (non-hydrogen) atoms. The molecule has 0 aromatic carbocycles. The third kappa shape index (κ3) is 2.84. The summed E-state index contributed by atoms with van der Waals surface area (Å²) in [5, 5.41) is 7.64. The number of hydrogen-bond donors (Lipinski definition) is 2. The highest BCUT2D eigenvalue weighted by molar-refractivity contribution is 7.99. The smallest absolute Gasteiger partial charge is 0.0684 e. The fraction of sp³-hybridized carbons (Fsp3) is 1.00. The van der Waals surface area contributed by atoms with Crippen LogP contribution < -0.4 is 10.6 Å². The summed E-state index contributed by atoms with van der Waals surface area (Å²) in [5.41, 5.74) is 0. The van der Waals surface area contributed by atoms with E-state index in [1.165, 1.54) is 38.4 Å². The third-order valence-electron chi connectivity index (χ3n) is 2.69. The molecular formula is C9H19N3S. The summed E-state index contributed by atoms with van der Waals surface area (Å²) in [7, 11) is 0. The molecular weight excluding hydrogens is 182 g/mol. The Morgan fingerprint density at radius 2 is 1.92 bits per heavy atom. The SMILES string of the molecule is C1CNCC(N2CCNCC2)SC1. The number of hydrogen-bond acceptors (Lipinski definition) is 4. The molecule has 0 saturated carbocycles. The molecule has 2 fully saturated rings. The zero-order chi connectivity index (χ0) is 8.93. The van der Waals surface area contributed by atoms with E-state index in [1.54, 1.807) is 0 Å². The minimum atomic E-state index is 0.726. The fourth-order valence-corrected chi connectivity index (χ4v) is 3.15. The van der Waals surface area contributed by atoms with E-state index in [4.69, 9.17) is 0 Å². The second kappa shape index (κ2) is 5.20. The molecule has 4 heteroatoms. The lowest BCUT2D eigenvalue weighted by Crippen LogP contribution is -2.49. The van der Waals surface area contributed by atoms with Crippen LogP contribution in [0.2, 0.25) is 0 Å². The number of rotatable bonds is 1. The highest BCUT2D eigenvalue weighted by Crippen LogP contribution is 2.18. The van der Waals surface area contributed by atoms with Crippen LogP contribution in [0.3, 0.4) is 0 Å². The summed E-state index contributed by atoms with van der Waals surface area (Å²) < 4.78 is 0. The summed E-state index contributed by atoms with van der Waals surface area (Å²) in [6.45, 7) is 7.15. The van der Waals surface area contributed by atoms with Gasteiger partial charge in [-0.25, -0.2) is 0 Å². The Hall–Kier alpha value is 0.230. The zero-order valence-electron chi connectivity index (χ0n) is 8.09. The van der Waals surface area contributed by atoms with Crippen molar-refractivity contribution in [1.82, 2.24) is 15.5 Å². The lowest BCUT2D eigenvalue weighted by atomic mass is 10.3. The van der Waals surface area contributed by atoms with Crippen LogP contribution in [0, 0.1) is 0 Å². The predicted octanol–water partition coefficient (Wildman–Crippen LogP) is -0.0558. The number of thioether (sulfide) groups is 1. The molecule has 0 bridgehead atoms. The minimum Gasteiger partial charge on any atom is -0.314 e. The Labute approximate surface area is 84.6 Å². The fourth-order valence-electron chi connectivity index (χ4n) is 1.91. The molecule has 2 heterocycles. The van der Waals surface area contributed by atoms with Gasteiger partial charge in [-0.05, 0) is 18.7 Å². The Kier molecular flexibility index (Phi) is 3.91. The van der Waals surface area contributed by atoms with Gasteiger partial charge in [-0.15, -0.1) is 11.8 Å². The molecule has 0 aromatic rings. The van der Waals surface area contributed by atoms with E-state index >= 15 is 0 Å². The van der Waals surface area contributed by atoms with Crippen molar-refractivity contribution in [3.8, 4) is 0 Å². The number of piperazine rings is 1. The van der Waals surface area contributed by atoms with Gasteiger partial charge in [0, 0.05) is 32.7 Å². The first-order valence-electron chi connectivity index (χ1n) is 5.24. The first kappa shape index (κ1) is 9.77. The Bertz CT molecular complexity index is 140. The zero-order valence-corrected chi connectivity index (χ0v) is 8.91. The summed E-state index contributed by atoms with van der Waals surface area (Å²) in [6, 6.07) is 0. The van der Waals surface area contributed by atoms with Crippen LogP contribution in [0.4, 0.5) is 0 Å². The molecule has 0 spiro atoms. The second-order valence-electron chi connectivity index (χ2n) is 3.67. The Morgan fingerprint density at radius 1 is 1.08 bits per heavy atom. The van der Waals surface area contributed by atoms with Crippen LogP contribution in [-0.2, 0) is 0 Å². The molecule has 2 N–H and O–H groups in total. The summed E-state index contributed by atoms with van der Waals surface area (Å²) >= 11 is 2.13. The van der Waals surface area contributed by atoms with Gasteiger partial charge in [0.1, 0.15) is 0 Å². The maximum atomic E-state index is 3.51. The topological polar surface area (TPSA) is 27.3 Å². The standard InChI is InChI=1S/C9H19N3S/c1-2-11-8-9(13-7-1)12-5-3-10-4-6-12/h9-11H,1-8H2. The van der Waals surface area contributed by atoms with Crippen molar-refractivity contribution >= 4 is 11.8 Å². The van der Waals surface area contributed by atoms with Gasteiger partial charge < -0.3 is 10.6 Å². The largest absolute Gasteiger partial charge is 0.314 e. The van der Waals surface area contributed by atoms with Gasteiger partial charge in [0.15, 0.2) is 0 Å². The number of nitrogens with zero attached hydrogens (tertiary/aromatic N) is 1. The van der Waals surface area contributed by atoms with Gasteiger partial charge in [-0.1, -0.05) is 0 Å². The van der Waals surface area contributed by atoms with Crippen molar-refractivity contribution < 1.29 is 0 Å². The maximum absolute atomic E-state index is 3.51. The highest BCUT2D eigenvalue weighted by atomic mass is 32.2. The summed E-state index contributed by atoms with van der Waals surface area (Å²) in [6.07, 6.45) is 1.33. The van der Waals surface area contributed by atoms with E-state index in [-0.39, 0.29) is 0 Å². The van der Waals surface area contributed by atoms with Crippen molar-refractivity contribution in [2.24, 2.45) is 0 Å². The van der Waals surface area contributed by atoms with Gasteiger partial charge >= 0.3 is 0 Å². The van der Waals surface area contributed by atoms with Gasteiger partial charge in [0.25, 0.3) is 0 Å². The Morgan fingerprint density at radius 3 is 2.77 bits per heavy atom. The molecule has 0 aliphatic carbocycles. The first-order chi connectivity index (χ1) is 6.47. The van der Waals surface area contributed by atoms with Gasteiger partial charge in [0.05, 0.1) is 5.37 Å². The van der Waals surface area contributed by atoms with Crippen LogP contribution in [0.5, 0.6) is 0 Å². The van der Waals surface area contributed by atoms with Crippen molar-refractivity contribution in [3.05, 3.63) is 0 Å². The van der Waals surface area contributed by atoms with Crippen LogP contribution >= 0.6 is 11.8 Å². The molecule has 1 unspecified atom stereocenters. The van der Waals surface area contributed by atoms with Crippen molar-refractivity contribution in [1.29, 1.82) is 0 Å². The van der Waals surface area contributed by atoms with Crippen LogP contribution in [0.15, 0.2) is 0 Å². The maximum Gasteiger partial charge on any atom is 0.0684 e. The predicted molar refractivity (Wildman–Crippen MR) is 58.2 cm³/mol. The van der Waals surface area contributed by atoms with Gasteiger partial charge in [-0.2, -0.15) is 0 Å². The van der Waals surface area contributed by atoms with E-state index in [0.29, 0.717) is 0 Å². The molecule has 3 nitrogen and oxygen atoms in total. The van der Waals surface area contributed by atoms with Crippen molar-refractivity contribution in [2.45, 2.75) is 11.8 Å². The van der Waals surface area contributed by atoms with Crippen LogP contribution in [-0.4, -0.2) is 55.3 Å². The van der Waals surface area contributed by atoms with E-state index in [1.807, 2.05) is 0 Å². The molecule has 76 valence electrons. The van der Waals surface area contributed by atoms with E-state index in [9.17, 15) is 0 Å². The Balaban J connectivity index is 1.82. The number of nitrogens with one attached hydrogen (secondary N) is 2. The first-order valence-corrected chi connectivity index (χ1v) is 6.29. The lowest BCUT2D eigenvalue weighted by Gasteiger charge is -2.33. The van der Waals surface area contributed by atoms with Crippen LogP contribution in [0.25, 0.3) is 0 Å². The average molecular weight is 201 g/mol. The van der Waals surface area contributed by atoms with Gasteiger partial charge in [0.2, 0.25) is 0 Å². The molecule has 2 aliphatic rings. The normalized spacial score (nSPS) is 32.8. The molecule has 2 aliphatic heterocycles. The van der Waals surface area contributed by atoms with Gasteiger partial charge in [-0.3, -0.25) is 4.90 Å². The highest BCUT2D eigenvalue weighted by Gasteiger charge is 2.21. The third-order valence-corrected chi connectivity index (χ3v) is 4.06. The van der Waals surface area contributed by atoms with E-state index in [0.717, 1.165) is 18.5 Å². The van der Waals surface area contributed by atoms with E-state index in [2.05, 4.69) is 27.3 Å². The molecule has 2 rings (SSSR count). The molecule has 0 amide bonds. The molecule has 1 atom stereocenters. The van der Waals surface area contributed by atoms with Crippen LogP contribution in [0.1, 0.15) is 6.42 Å². The van der Waals surface area contributed by atoms with Crippen molar-refractivity contribution in [2.75, 3.05) is 45.0 Å². The monoisotopic (exact) mass is 201 g/mol. The minimum absolute atomic E-state index is 0.726. The average Bonchev–Trinajstić information content (AvgIpc) is 2.47. The molecule has 2 saturated heterocycles. The molecule has 0 radical (unpaired) electrons. The lowest BCUT2D eigenvalue weighted by molar-refractivity contribution is 0.223.